The molecule has 0 saturated heterocycles. The molecular formula is C11H8BrFN2O2S. The summed E-state index contributed by atoms with van der Waals surface area (Å²) in [5.41, 5.74) is 0.871. The molecule has 18 heavy (non-hydrogen) atoms. The van der Waals surface area contributed by atoms with Crippen molar-refractivity contribution in [1.29, 1.82) is 0 Å². The SMILES string of the molecule is CSc1c(F)cc(-c2cc(C(=O)O)[nH]n2)cc1Br. The van der Waals surface area contributed by atoms with Crippen molar-refractivity contribution in [2.45, 2.75) is 4.90 Å². The van der Waals surface area contributed by atoms with Crippen LogP contribution in [0.3, 0.4) is 0 Å². The van der Waals surface area contributed by atoms with Gasteiger partial charge in [-0.1, -0.05) is 0 Å². The van der Waals surface area contributed by atoms with Crippen molar-refractivity contribution in [1.82, 2.24) is 10.2 Å². The van der Waals surface area contributed by atoms with Crippen molar-refractivity contribution in [2.75, 3.05) is 6.26 Å². The number of carboxylic acids is 1. The fourth-order valence-corrected chi connectivity index (χ4v) is 2.91. The standard InChI is InChI=1S/C11H8BrFN2O2S/c1-18-10-6(12)2-5(3-7(10)13)8-4-9(11(16)17)15-14-8/h2-4H,1H3,(H,14,15)(H,16,17). The van der Waals surface area contributed by atoms with Crippen LogP contribution < -0.4 is 0 Å². The lowest BCUT2D eigenvalue weighted by atomic mass is 10.1. The van der Waals surface area contributed by atoms with E-state index in [-0.39, 0.29) is 11.5 Å². The maximum Gasteiger partial charge on any atom is 0.353 e. The fraction of sp³-hybridized carbons (Fsp3) is 0.0909. The average molecular weight is 331 g/mol. The second kappa shape index (κ2) is 5.11. The molecule has 0 aliphatic rings. The number of benzene rings is 1. The Bertz CT molecular complexity index is 592. The van der Waals surface area contributed by atoms with Crippen molar-refractivity contribution in [2.24, 2.45) is 0 Å². The highest BCUT2D eigenvalue weighted by molar-refractivity contribution is 9.10. The molecule has 0 fully saturated rings. The lowest BCUT2D eigenvalue weighted by Crippen LogP contribution is -1.95. The number of rotatable bonds is 3. The number of aromatic amines is 1. The van der Waals surface area contributed by atoms with Gasteiger partial charge in [0, 0.05) is 10.0 Å². The summed E-state index contributed by atoms with van der Waals surface area (Å²) in [5.74, 6) is -1.47. The number of nitrogens with one attached hydrogen (secondary N) is 1. The van der Waals surface area contributed by atoms with Gasteiger partial charge in [0.25, 0.3) is 0 Å². The van der Waals surface area contributed by atoms with Crippen LogP contribution in [0.15, 0.2) is 27.6 Å². The number of halogens is 2. The van der Waals surface area contributed by atoms with Gasteiger partial charge in [-0.2, -0.15) is 5.10 Å². The van der Waals surface area contributed by atoms with Crippen LogP contribution in [-0.2, 0) is 0 Å². The molecule has 1 aromatic carbocycles. The molecule has 0 atom stereocenters. The Balaban J connectivity index is 2.47. The van der Waals surface area contributed by atoms with Gasteiger partial charge >= 0.3 is 5.97 Å². The zero-order valence-corrected chi connectivity index (χ0v) is 11.6. The molecule has 7 heteroatoms. The second-order valence-corrected chi connectivity index (χ2v) is 5.12. The van der Waals surface area contributed by atoms with Crippen LogP contribution in [0, 0.1) is 5.82 Å². The molecule has 2 rings (SSSR count). The van der Waals surface area contributed by atoms with Gasteiger partial charge in [-0.3, -0.25) is 5.10 Å². The maximum atomic E-state index is 13.8. The van der Waals surface area contributed by atoms with E-state index in [1.54, 1.807) is 12.3 Å². The predicted octanol–water partition coefficient (Wildman–Crippen LogP) is 3.40. The van der Waals surface area contributed by atoms with Gasteiger partial charge in [-0.15, -0.1) is 11.8 Å². The quantitative estimate of drug-likeness (QED) is 0.846. The topological polar surface area (TPSA) is 66.0 Å². The molecule has 94 valence electrons. The number of hydrogen-bond donors (Lipinski definition) is 2. The van der Waals surface area contributed by atoms with Crippen molar-refractivity contribution >= 4 is 33.7 Å². The monoisotopic (exact) mass is 330 g/mol. The zero-order valence-electron chi connectivity index (χ0n) is 9.20. The third kappa shape index (κ3) is 2.41. The normalized spacial score (nSPS) is 10.6. The molecule has 1 aromatic heterocycles. The number of carboxylic acid groups (broad SMARTS) is 1. The van der Waals surface area contributed by atoms with Crippen LogP contribution >= 0.6 is 27.7 Å². The number of thioether (sulfide) groups is 1. The Morgan fingerprint density at radius 2 is 2.22 bits per heavy atom. The van der Waals surface area contributed by atoms with E-state index in [1.807, 2.05) is 0 Å². The Morgan fingerprint density at radius 1 is 1.50 bits per heavy atom. The van der Waals surface area contributed by atoms with Crippen LogP contribution in [0.2, 0.25) is 0 Å². The maximum absolute atomic E-state index is 13.8. The van der Waals surface area contributed by atoms with E-state index < -0.39 is 5.97 Å². The van der Waals surface area contributed by atoms with Crippen LogP contribution in [0.5, 0.6) is 0 Å². The molecule has 0 spiro atoms. The summed E-state index contributed by atoms with van der Waals surface area (Å²) < 4.78 is 14.4. The smallest absolute Gasteiger partial charge is 0.353 e. The van der Waals surface area contributed by atoms with Crippen LogP contribution in [0.1, 0.15) is 10.5 Å². The first-order valence-corrected chi connectivity index (χ1v) is 6.87. The van der Waals surface area contributed by atoms with Crippen LogP contribution in [0.25, 0.3) is 11.3 Å². The third-order valence-electron chi connectivity index (χ3n) is 2.31. The van der Waals surface area contributed by atoms with Gasteiger partial charge < -0.3 is 5.11 Å². The van der Waals surface area contributed by atoms with Gasteiger partial charge in [0.15, 0.2) is 0 Å². The van der Waals surface area contributed by atoms with Crippen molar-refractivity contribution < 1.29 is 14.3 Å². The number of aromatic nitrogens is 2. The van der Waals surface area contributed by atoms with Gasteiger partial charge in [0.05, 0.1) is 10.6 Å². The summed E-state index contributed by atoms with van der Waals surface area (Å²) in [6.45, 7) is 0. The first-order valence-electron chi connectivity index (χ1n) is 4.85. The number of H-pyrrole nitrogens is 1. The predicted molar refractivity (Wildman–Crippen MR) is 70.4 cm³/mol. The summed E-state index contributed by atoms with van der Waals surface area (Å²) in [6, 6.07) is 4.40. The molecule has 0 saturated carbocycles. The molecule has 0 radical (unpaired) electrons. The molecule has 1 heterocycles. The van der Waals surface area contributed by atoms with E-state index in [0.717, 1.165) is 0 Å². The van der Waals surface area contributed by atoms with Crippen LogP contribution in [-0.4, -0.2) is 27.5 Å². The molecule has 2 N–H and O–H groups in total. The first-order chi connectivity index (χ1) is 8.52. The Morgan fingerprint density at radius 3 is 2.72 bits per heavy atom. The zero-order chi connectivity index (χ0) is 13.3. The number of hydrogen-bond acceptors (Lipinski definition) is 3. The minimum absolute atomic E-state index is 0.0320. The summed E-state index contributed by atoms with van der Waals surface area (Å²) in [4.78, 5) is 11.2. The highest BCUT2D eigenvalue weighted by Gasteiger charge is 2.13. The van der Waals surface area contributed by atoms with Crippen LogP contribution in [0.4, 0.5) is 4.39 Å². The van der Waals surface area contributed by atoms with Gasteiger partial charge in [-0.05, 0) is 40.4 Å². The lowest BCUT2D eigenvalue weighted by Gasteiger charge is -2.05. The van der Waals surface area contributed by atoms with E-state index >= 15 is 0 Å². The number of nitrogens with zero attached hydrogens (tertiary/aromatic N) is 1. The summed E-state index contributed by atoms with van der Waals surface area (Å²) >= 11 is 4.57. The third-order valence-corrected chi connectivity index (χ3v) is 4.02. The Labute approximate surface area is 115 Å². The summed E-state index contributed by atoms with van der Waals surface area (Å²) in [6.07, 6.45) is 1.78. The van der Waals surface area contributed by atoms with Gasteiger partial charge in [0.2, 0.25) is 0 Å². The molecule has 0 unspecified atom stereocenters. The fourth-order valence-electron chi connectivity index (χ4n) is 1.48. The first kappa shape index (κ1) is 13.1. The molecule has 0 bridgehead atoms. The van der Waals surface area contributed by atoms with Crippen molar-refractivity contribution in [3.63, 3.8) is 0 Å². The van der Waals surface area contributed by atoms with E-state index in [4.69, 9.17) is 5.11 Å². The van der Waals surface area contributed by atoms with E-state index in [1.165, 1.54) is 23.9 Å². The average Bonchev–Trinajstić information content (AvgIpc) is 2.77. The Kier molecular flexibility index (Phi) is 3.72. The molecule has 2 aromatic rings. The highest BCUT2D eigenvalue weighted by Crippen LogP contribution is 2.33. The minimum atomic E-state index is -1.10. The number of aromatic carboxylic acids is 1. The van der Waals surface area contributed by atoms with Crippen molar-refractivity contribution in [3.8, 4) is 11.3 Å². The lowest BCUT2D eigenvalue weighted by molar-refractivity contribution is 0.0690. The molecule has 0 aliphatic carbocycles. The van der Waals surface area contributed by atoms with E-state index in [0.29, 0.717) is 20.6 Å². The minimum Gasteiger partial charge on any atom is -0.477 e. The molecule has 0 aliphatic heterocycles. The highest BCUT2D eigenvalue weighted by atomic mass is 79.9. The van der Waals surface area contributed by atoms with Gasteiger partial charge in [0.1, 0.15) is 11.5 Å². The molecule has 4 nitrogen and oxygen atoms in total. The summed E-state index contributed by atoms with van der Waals surface area (Å²) in [5, 5.41) is 15.0. The molecule has 0 amide bonds. The largest absolute Gasteiger partial charge is 0.477 e. The molecular weight excluding hydrogens is 323 g/mol. The Hall–Kier alpha value is -1.34. The second-order valence-electron chi connectivity index (χ2n) is 3.45. The van der Waals surface area contributed by atoms with Crippen molar-refractivity contribution in [3.05, 3.63) is 34.2 Å². The summed E-state index contributed by atoms with van der Waals surface area (Å²) in [7, 11) is 0. The van der Waals surface area contributed by atoms with Gasteiger partial charge in [-0.25, -0.2) is 9.18 Å². The van der Waals surface area contributed by atoms with E-state index in [9.17, 15) is 9.18 Å². The van der Waals surface area contributed by atoms with E-state index in [2.05, 4.69) is 26.1 Å². The number of carbonyl (C=O) groups is 1.